The molecule has 0 saturated heterocycles. The summed E-state index contributed by atoms with van der Waals surface area (Å²) < 4.78 is 0. The quantitative estimate of drug-likeness (QED) is 0.294. The van der Waals surface area contributed by atoms with Crippen LogP contribution in [0.3, 0.4) is 0 Å². The predicted molar refractivity (Wildman–Crippen MR) is 203 cm³/mol. The van der Waals surface area contributed by atoms with Crippen molar-refractivity contribution in [2.45, 2.75) is 81.6 Å². The SMILES string of the molecule is CC1=CC2=CC(C)=C([Si](C)(C)C3=C(C)C=C4C=C(C)N=C43)C2=N1.CC1=NC2=CC(C)=C([Si](C)(C)C3=C(C)C=C4N=C(C)C=C43)C2=C1.[Cl-].[Cl-].[Cl-].[Cl-].[Zr+4].[Zr+4]. The molecule has 0 fully saturated rings. The molecule has 12 heteroatoms. The first kappa shape index (κ1) is 48.9. The molecule has 0 N–H and O–H groups in total. The summed E-state index contributed by atoms with van der Waals surface area (Å²) in [6.07, 6.45) is 18.1. The van der Waals surface area contributed by atoms with Gasteiger partial charge in [0.25, 0.3) is 0 Å². The van der Waals surface area contributed by atoms with E-state index >= 15 is 0 Å². The monoisotopic (exact) mass is 956 g/mol. The topological polar surface area (TPSA) is 49.4 Å². The molecule has 0 unspecified atom stereocenters. The molecule has 8 rings (SSSR count). The van der Waals surface area contributed by atoms with E-state index in [0.29, 0.717) is 0 Å². The average Bonchev–Trinajstić information content (AvgIpc) is 3.76. The fraction of sp³-hybridized carbons (Fsp3) is 0.300. The van der Waals surface area contributed by atoms with E-state index in [1.165, 1.54) is 66.4 Å². The van der Waals surface area contributed by atoms with E-state index in [2.05, 4.69) is 140 Å². The second-order valence-electron chi connectivity index (χ2n) is 14.9. The van der Waals surface area contributed by atoms with Gasteiger partial charge in [-0.1, -0.05) is 26.2 Å². The standard InChI is InChI=1S/2C20H22N2Si.4ClH.2Zr/c1-11-7-17-15(9-13(3)21-17)19(11)23(5,6)20-12(2)8-18-16(20)10-14(4)22-18;1-11-7-15-9-13(3)21-17(15)19(11)23(5,6)20-12(2)8-16-10-14(4)22-18(16)20;;;;;;/h2*7-10H,1-6H3;4*1H;;/q;;;;;;2*+4/p-4. The first-order valence-corrected chi connectivity index (χ1v) is 22.4. The maximum atomic E-state index is 4.84. The Morgan fingerprint density at radius 1 is 0.385 bits per heavy atom. The summed E-state index contributed by atoms with van der Waals surface area (Å²) in [7, 11) is -3.69. The summed E-state index contributed by atoms with van der Waals surface area (Å²) >= 11 is 0. The molecular formula is C40H44Cl4N4Si2Zr2+4. The summed E-state index contributed by atoms with van der Waals surface area (Å²) in [5.41, 5.74) is 20.1. The number of aliphatic imine (C=N–C) groups is 4. The minimum absolute atomic E-state index is 0. The van der Waals surface area contributed by atoms with Gasteiger partial charge in [0.1, 0.15) is 16.1 Å². The van der Waals surface area contributed by atoms with Gasteiger partial charge in [-0.05, 0) is 147 Å². The number of hydrogen-bond donors (Lipinski definition) is 0. The van der Waals surface area contributed by atoms with Crippen molar-refractivity contribution in [3.63, 3.8) is 0 Å². The van der Waals surface area contributed by atoms with Crippen LogP contribution in [0.4, 0.5) is 0 Å². The molecule has 4 aliphatic heterocycles. The smallest absolute Gasteiger partial charge is 1.00 e. The number of hydrogen-bond acceptors (Lipinski definition) is 4. The van der Waals surface area contributed by atoms with Crippen LogP contribution in [-0.4, -0.2) is 39.0 Å². The van der Waals surface area contributed by atoms with E-state index in [0.717, 1.165) is 34.2 Å². The van der Waals surface area contributed by atoms with Gasteiger partial charge < -0.3 is 49.6 Å². The van der Waals surface area contributed by atoms with Crippen molar-refractivity contribution in [3.05, 3.63) is 137 Å². The van der Waals surface area contributed by atoms with Gasteiger partial charge in [0.15, 0.2) is 0 Å². The Kier molecular flexibility index (Phi) is 16.4. The van der Waals surface area contributed by atoms with Gasteiger partial charge in [-0.2, -0.15) is 0 Å². The minimum atomic E-state index is -1.87. The number of halogens is 4. The molecule has 0 saturated carbocycles. The molecule has 0 amide bonds. The van der Waals surface area contributed by atoms with Crippen molar-refractivity contribution in [2.75, 3.05) is 0 Å². The van der Waals surface area contributed by atoms with Gasteiger partial charge in [0, 0.05) is 45.1 Å². The largest absolute Gasteiger partial charge is 4.00 e. The summed E-state index contributed by atoms with van der Waals surface area (Å²) in [6.45, 7) is 27.1. The van der Waals surface area contributed by atoms with Crippen LogP contribution >= 0.6 is 0 Å². The van der Waals surface area contributed by atoms with Crippen LogP contribution in [0.2, 0.25) is 26.2 Å². The average molecular weight is 961 g/mol. The first-order chi connectivity index (χ1) is 21.6. The van der Waals surface area contributed by atoms with Crippen LogP contribution in [0, 0.1) is 0 Å². The molecule has 0 spiro atoms. The fourth-order valence-corrected chi connectivity index (χ4v) is 17.0. The Hall–Kier alpha value is -1.08. The first-order valence-electron chi connectivity index (χ1n) is 16.4. The zero-order chi connectivity index (χ0) is 33.0. The van der Waals surface area contributed by atoms with Crippen molar-refractivity contribution >= 4 is 39.0 Å². The fourth-order valence-electron chi connectivity index (χ4n) is 8.96. The number of nitrogens with zero attached hydrogens (tertiary/aromatic N) is 4. The maximum absolute atomic E-state index is 4.84. The zero-order valence-electron chi connectivity index (χ0n) is 31.9. The van der Waals surface area contributed by atoms with Gasteiger partial charge in [0.05, 0.1) is 22.8 Å². The number of rotatable bonds is 4. The van der Waals surface area contributed by atoms with Crippen molar-refractivity contribution < 1.29 is 102 Å². The third-order valence-electron chi connectivity index (χ3n) is 10.2. The third kappa shape index (κ3) is 7.94. The van der Waals surface area contributed by atoms with Crippen LogP contribution in [0.15, 0.2) is 157 Å². The van der Waals surface area contributed by atoms with E-state index in [-0.39, 0.29) is 102 Å². The maximum Gasteiger partial charge on any atom is 4.00 e. The Morgan fingerprint density at radius 3 is 1.04 bits per heavy atom. The van der Waals surface area contributed by atoms with E-state index in [9.17, 15) is 0 Å². The minimum Gasteiger partial charge on any atom is -1.00 e. The van der Waals surface area contributed by atoms with E-state index < -0.39 is 16.1 Å². The predicted octanol–water partition coefficient (Wildman–Crippen LogP) is -1.98. The van der Waals surface area contributed by atoms with Gasteiger partial charge >= 0.3 is 52.4 Å². The Bertz CT molecular complexity index is 1850. The van der Waals surface area contributed by atoms with Crippen LogP contribution < -0.4 is 49.6 Å². The van der Waals surface area contributed by atoms with Crippen LogP contribution in [0.1, 0.15) is 55.4 Å². The molecule has 4 heterocycles. The molecule has 0 atom stereocenters. The van der Waals surface area contributed by atoms with Gasteiger partial charge in [-0.25, -0.2) is 0 Å². The molecule has 8 aliphatic rings. The summed E-state index contributed by atoms with van der Waals surface area (Å²) in [5, 5.41) is 6.05. The molecule has 4 aliphatic carbocycles. The molecule has 4 nitrogen and oxygen atoms in total. The van der Waals surface area contributed by atoms with Crippen molar-refractivity contribution in [1.29, 1.82) is 0 Å². The van der Waals surface area contributed by atoms with E-state index in [1.54, 1.807) is 10.4 Å². The number of allylic oxidation sites excluding steroid dienone is 20. The van der Waals surface area contributed by atoms with Gasteiger partial charge in [0.2, 0.25) is 0 Å². The van der Waals surface area contributed by atoms with Crippen LogP contribution in [-0.2, 0) is 52.4 Å². The molecule has 0 bridgehead atoms. The third-order valence-corrected chi connectivity index (χ3v) is 17.8. The Balaban J connectivity index is 0.000000466. The van der Waals surface area contributed by atoms with Gasteiger partial charge in [-0.15, -0.1) is 0 Å². The molecule has 0 radical (unpaired) electrons. The summed E-state index contributed by atoms with van der Waals surface area (Å²) in [5.74, 6) is 0. The molecular weight excluding hydrogens is 917 g/mol. The normalized spacial score (nSPS) is 20.1. The van der Waals surface area contributed by atoms with Crippen molar-refractivity contribution in [2.24, 2.45) is 20.0 Å². The molecule has 52 heavy (non-hydrogen) atoms. The zero-order valence-corrected chi connectivity index (χ0v) is 41.9. The second-order valence-corrected chi connectivity index (χ2v) is 23.4. The molecule has 0 aromatic carbocycles. The van der Waals surface area contributed by atoms with Crippen molar-refractivity contribution in [1.82, 2.24) is 0 Å². The molecule has 0 aromatic heterocycles. The second kappa shape index (κ2) is 17.4. The van der Waals surface area contributed by atoms with E-state index in [1.807, 2.05) is 0 Å². The molecule has 0 aromatic rings. The van der Waals surface area contributed by atoms with Gasteiger partial charge in [-0.3, -0.25) is 20.0 Å². The summed E-state index contributed by atoms with van der Waals surface area (Å²) in [6, 6.07) is 0. The van der Waals surface area contributed by atoms with Crippen LogP contribution in [0.5, 0.6) is 0 Å². The molecule has 264 valence electrons. The van der Waals surface area contributed by atoms with Crippen LogP contribution in [0.25, 0.3) is 0 Å². The summed E-state index contributed by atoms with van der Waals surface area (Å²) in [4.78, 5) is 19.1. The van der Waals surface area contributed by atoms with Crippen molar-refractivity contribution in [3.8, 4) is 0 Å². The Labute approximate surface area is 375 Å². The van der Waals surface area contributed by atoms with E-state index in [4.69, 9.17) is 9.98 Å². The number of fused-ring (bicyclic) bond motifs is 4. The Morgan fingerprint density at radius 2 is 0.692 bits per heavy atom.